The van der Waals surface area contributed by atoms with E-state index < -0.39 is 0 Å². The Labute approximate surface area is 94.2 Å². The second kappa shape index (κ2) is 5.09. The van der Waals surface area contributed by atoms with Gasteiger partial charge in [0.05, 0.1) is 18.3 Å². The number of hydrogen-bond donors (Lipinski definition) is 2. The summed E-state index contributed by atoms with van der Waals surface area (Å²) in [7, 11) is 0. The third kappa shape index (κ3) is 2.59. The Morgan fingerprint density at radius 1 is 1.56 bits per heavy atom. The second-order valence-electron chi connectivity index (χ2n) is 3.91. The molecule has 0 spiro atoms. The number of aromatic hydroxyl groups is 1. The van der Waals surface area contributed by atoms with Gasteiger partial charge in [0.2, 0.25) is 0 Å². The summed E-state index contributed by atoms with van der Waals surface area (Å²) in [6.07, 6.45) is 1.57. The van der Waals surface area contributed by atoms with E-state index in [1.54, 1.807) is 12.1 Å². The first kappa shape index (κ1) is 11.1. The standard InChI is InChI=1S/C12H15NO3/c14-8-10-5-9(1-2-12(10)15)6-11-7-13-3-4-16-11/h1-2,5,8,11,13,15H,3-4,6-7H2. The molecular weight excluding hydrogens is 206 g/mol. The Balaban J connectivity index is 2.05. The van der Waals surface area contributed by atoms with Crippen LogP contribution in [0.1, 0.15) is 15.9 Å². The molecule has 2 N–H and O–H groups in total. The fourth-order valence-electron chi connectivity index (χ4n) is 1.84. The molecule has 86 valence electrons. The van der Waals surface area contributed by atoms with Crippen molar-refractivity contribution in [3.8, 4) is 5.75 Å². The zero-order chi connectivity index (χ0) is 11.4. The topological polar surface area (TPSA) is 58.6 Å². The van der Waals surface area contributed by atoms with Crippen molar-refractivity contribution in [2.75, 3.05) is 19.7 Å². The number of nitrogens with one attached hydrogen (secondary N) is 1. The van der Waals surface area contributed by atoms with Gasteiger partial charge in [0.15, 0.2) is 6.29 Å². The summed E-state index contributed by atoms with van der Waals surface area (Å²) in [5, 5.41) is 12.6. The lowest BCUT2D eigenvalue weighted by Gasteiger charge is -2.23. The number of morpholine rings is 1. The molecular formula is C12H15NO3. The number of carbonyl (C=O) groups excluding carboxylic acids is 1. The molecule has 1 unspecified atom stereocenters. The van der Waals surface area contributed by atoms with Crippen molar-refractivity contribution in [3.05, 3.63) is 29.3 Å². The van der Waals surface area contributed by atoms with Crippen LogP contribution in [-0.2, 0) is 11.2 Å². The van der Waals surface area contributed by atoms with Gasteiger partial charge in [-0.25, -0.2) is 0 Å². The summed E-state index contributed by atoms with van der Waals surface area (Å²) < 4.78 is 5.57. The van der Waals surface area contributed by atoms with Crippen LogP contribution in [0.4, 0.5) is 0 Å². The predicted octanol–water partition coefficient (Wildman–Crippen LogP) is 0.736. The van der Waals surface area contributed by atoms with Crippen LogP contribution >= 0.6 is 0 Å². The lowest BCUT2D eigenvalue weighted by Crippen LogP contribution is -2.39. The minimum Gasteiger partial charge on any atom is -0.507 e. The Hall–Kier alpha value is -1.39. The van der Waals surface area contributed by atoms with Crippen LogP contribution in [0.15, 0.2) is 18.2 Å². The molecule has 2 rings (SSSR count). The minimum atomic E-state index is 0.0291. The van der Waals surface area contributed by atoms with Crippen LogP contribution in [0.5, 0.6) is 5.75 Å². The van der Waals surface area contributed by atoms with Gasteiger partial charge >= 0.3 is 0 Å². The van der Waals surface area contributed by atoms with Crippen molar-refractivity contribution < 1.29 is 14.6 Å². The fraction of sp³-hybridized carbons (Fsp3) is 0.417. The molecule has 4 heteroatoms. The first-order valence-corrected chi connectivity index (χ1v) is 5.39. The van der Waals surface area contributed by atoms with Gasteiger partial charge < -0.3 is 15.2 Å². The normalized spacial score (nSPS) is 20.6. The largest absolute Gasteiger partial charge is 0.507 e. The number of carbonyl (C=O) groups is 1. The third-order valence-electron chi connectivity index (χ3n) is 2.69. The van der Waals surface area contributed by atoms with Crippen LogP contribution in [-0.4, -0.2) is 37.2 Å². The first-order chi connectivity index (χ1) is 7.79. The smallest absolute Gasteiger partial charge is 0.153 e. The van der Waals surface area contributed by atoms with Gasteiger partial charge in [0, 0.05) is 13.1 Å². The zero-order valence-electron chi connectivity index (χ0n) is 8.98. The predicted molar refractivity (Wildman–Crippen MR) is 59.8 cm³/mol. The highest BCUT2D eigenvalue weighted by Crippen LogP contribution is 2.18. The quantitative estimate of drug-likeness (QED) is 0.739. The molecule has 1 aliphatic heterocycles. The summed E-state index contributed by atoms with van der Waals surface area (Å²) in [5.41, 5.74) is 1.34. The lowest BCUT2D eigenvalue weighted by atomic mass is 10.0. The maximum atomic E-state index is 10.7. The Kier molecular flexibility index (Phi) is 3.54. The average Bonchev–Trinajstić information content (AvgIpc) is 2.33. The van der Waals surface area contributed by atoms with Crippen molar-refractivity contribution in [2.45, 2.75) is 12.5 Å². The monoisotopic (exact) mass is 221 g/mol. The molecule has 1 fully saturated rings. The molecule has 1 saturated heterocycles. The maximum absolute atomic E-state index is 10.7. The molecule has 1 aliphatic rings. The van der Waals surface area contributed by atoms with Crippen LogP contribution in [0.2, 0.25) is 0 Å². The number of rotatable bonds is 3. The van der Waals surface area contributed by atoms with Crippen molar-refractivity contribution in [2.24, 2.45) is 0 Å². The second-order valence-corrected chi connectivity index (χ2v) is 3.91. The lowest BCUT2D eigenvalue weighted by molar-refractivity contribution is 0.0292. The molecule has 16 heavy (non-hydrogen) atoms. The van der Waals surface area contributed by atoms with Crippen LogP contribution in [0, 0.1) is 0 Å². The third-order valence-corrected chi connectivity index (χ3v) is 2.69. The number of aldehydes is 1. The van der Waals surface area contributed by atoms with E-state index in [0.29, 0.717) is 11.8 Å². The highest BCUT2D eigenvalue weighted by Gasteiger charge is 2.14. The SMILES string of the molecule is O=Cc1cc(CC2CNCCO2)ccc1O. The van der Waals surface area contributed by atoms with Crippen molar-refractivity contribution in [1.82, 2.24) is 5.32 Å². The average molecular weight is 221 g/mol. The van der Waals surface area contributed by atoms with Gasteiger partial charge in [0.1, 0.15) is 5.75 Å². The fourth-order valence-corrected chi connectivity index (χ4v) is 1.84. The number of hydrogen-bond acceptors (Lipinski definition) is 4. The van der Waals surface area contributed by atoms with E-state index in [0.717, 1.165) is 31.7 Å². The van der Waals surface area contributed by atoms with Gasteiger partial charge in [0.25, 0.3) is 0 Å². The van der Waals surface area contributed by atoms with Gasteiger partial charge in [-0.3, -0.25) is 4.79 Å². The summed E-state index contributed by atoms with van der Waals surface area (Å²) in [6, 6.07) is 5.08. The van der Waals surface area contributed by atoms with E-state index in [1.165, 1.54) is 0 Å². The molecule has 1 aromatic rings. The van der Waals surface area contributed by atoms with Crippen LogP contribution in [0.25, 0.3) is 0 Å². The molecule has 0 saturated carbocycles. The molecule has 1 atom stereocenters. The van der Waals surface area contributed by atoms with E-state index >= 15 is 0 Å². The summed E-state index contributed by atoms with van der Waals surface area (Å²) >= 11 is 0. The van der Waals surface area contributed by atoms with E-state index in [4.69, 9.17) is 4.74 Å². The number of ether oxygens (including phenoxy) is 1. The Morgan fingerprint density at radius 2 is 2.44 bits per heavy atom. The Bertz CT molecular complexity index is 373. The molecule has 1 heterocycles. The van der Waals surface area contributed by atoms with E-state index in [2.05, 4.69) is 5.32 Å². The number of phenolic OH excluding ortho intramolecular Hbond substituents is 1. The number of benzene rings is 1. The van der Waals surface area contributed by atoms with E-state index in [1.807, 2.05) is 6.07 Å². The van der Waals surface area contributed by atoms with E-state index in [9.17, 15) is 9.90 Å². The molecule has 0 amide bonds. The van der Waals surface area contributed by atoms with Crippen LogP contribution < -0.4 is 5.32 Å². The molecule has 1 aromatic carbocycles. The number of phenols is 1. The molecule has 0 aromatic heterocycles. The first-order valence-electron chi connectivity index (χ1n) is 5.39. The van der Waals surface area contributed by atoms with Gasteiger partial charge in [-0.1, -0.05) is 6.07 Å². The summed E-state index contributed by atoms with van der Waals surface area (Å²) in [5.74, 6) is 0.0291. The van der Waals surface area contributed by atoms with Crippen molar-refractivity contribution in [1.29, 1.82) is 0 Å². The van der Waals surface area contributed by atoms with Crippen molar-refractivity contribution in [3.63, 3.8) is 0 Å². The molecule has 0 bridgehead atoms. The maximum Gasteiger partial charge on any atom is 0.153 e. The summed E-state index contributed by atoms with van der Waals surface area (Å²) in [6.45, 7) is 2.45. The molecule has 0 aliphatic carbocycles. The van der Waals surface area contributed by atoms with Gasteiger partial charge in [-0.2, -0.15) is 0 Å². The summed E-state index contributed by atoms with van der Waals surface area (Å²) in [4.78, 5) is 10.7. The zero-order valence-corrected chi connectivity index (χ0v) is 8.98. The molecule has 0 radical (unpaired) electrons. The van der Waals surface area contributed by atoms with Gasteiger partial charge in [-0.05, 0) is 24.1 Å². The Morgan fingerprint density at radius 3 is 3.12 bits per heavy atom. The van der Waals surface area contributed by atoms with Gasteiger partial charge in [-0.15, -0.1) is 0 Å². The highest BCUT2D eigenvalue weighted by atomic mass is 16.5. The van der Waals surface area contributed by atoms with E-state index in [-0.39, 0.29) is 11.9 Å². The minimum absolute atomic E-state index is 0.0291. The molecule has 4 nitrogen and oxygen atoms in total. The van der Waals surface area contributed by atoms with Crippen molar-refractivity contribution >= 4 is 6.29 Å². The van der Waals surface area contributed by atoms with Crippen LogP contribution in [0.3, 0.4) is 0 Å². The highest BCUT2D eigenvalue weighted by molar-refractivity contribution is 5.79.